The summed E-state index contributed by atoms with van der Waals surface area (Å²) in [6.45, 7) is 1.06. The van der Waals surface area contributed by atoms with Gasteiger partial charge in [-0.2, -0.15) is 0 Å². The molecule has 0 saturated carbocycles. The zero-order valence-electron chi connectivity index (χ0n) is 13.5. The summed E-state index contributed by atoms with van der Waals surface area (Å²) >= 11 is 5.34. The number of H-pyrrole nitrogens is 1. The van der Waals surface area contributed by atoms with Crippen molar-refractivity contribution in [1.82, 2.24) is 9.88 Å². The van der Waals surface area contributed by atoms with Gasteiger partial charge in [0.05, 0.1) is 6.04 Å². The molecule has 0 saturated heterocycles. The Hall–Kier alpha value is -2.73. The first-order valence-electron chi connectivity index (χ1n) is 8.27. The number of aromatic nitrogens is 1. The van der Waals surface area contributed by atoms with E-state index < -0.39 is 0 Å². The van der Waals surface area contributed by atoms with Crippen LogP contribution in [0.4, 0.5) is 0 Å². The molecule has 5 rings (SSSR count). The third-order valence-electron chi connectivity index (χ3n) is 5.03. The fourth-order valence-corrected chi connectivity index (χ4v) is 4.10. The van der Waals surface area contributed by atoms with Crippen LogP contribution in [0.25, 0.3) is 10.9 Å². The Bertz CT molecular complexity index is 997. The number of para-hydroxylation sites is 1. The standard InChI is InChI=1S/C19H17N3O2S/c20-19(25)22-8-7-13-12-3-1-2-4-14(12)21-17(13)18(22)11-5-6-15-16(9-11)24-10-23-15/h1-6,9,18,21H,7-8,10H2,(H2,20,25). The second kappa shape index (κ2) is 5.39. The third kappa shape index (κ3) is 2.17. The van der Waals surface area contributed by atoms with Crippen LogP contribution in [0.3, 0.4) is 0 Å². The molecular formula is C19H17N3O2S. The number of benzene rings is 2. The van der Waals surface area contributed by atoms with Crippen molar-refractivity contribution in [1.29, 1.82) is 0 Å². The molecular weight excluding hydrogens is 334 g/mol. The Balaban J connectivity index is 1.71. The lowest BCUT2D eigenvalue weighted by Crippen LogP contribution is -2.43. The normalized spacial score (nSPS) is 18.4. The van der Waals surface area contributed by atoms with Crippen molar-refractivity contribution < 1.29 is 9.47 Å². The van der Waals surface area contributed by atoms with Gasteiger partial charge in [-0.3, -0.25) is 0 Å². The van der Waals surface area contributed by atoms with Crippen molar-refractivity contribution in [3.63, 3.8) is 0 Å². The maximum Gasteiger partial charge on any atom is 0.231 e. The monoisotopic (exact) mass is 351 g/mol. The van der Waals surface area contributed by atoms with Gasteiger partial charge in [0.25, 0.3) is 0 Å². The smallest absolute Gasteiger partial charge is 0.231 e. The molecule has 3 aromatic rings. The van der Waals surface area contributed by atoms with Crippen molar-refractivity contribution in [2.24, 2.45) is 5.73 Å². The summed E-state index contributed by atoms with van der Waals surface area (Å²) in [6.07, 6.45) is 0.914. The van der Waals surface area contributed by atoms with Gasteiger partial charge >= 0.3 is 0 Å². The average Bonchev–Trinajstić information content (AvgIpc) is 3.24. The van der Waals surface area contributed by atoms with Gasteiger partial charge in [-0.25, -0.2) is 0 Å². The highest BCUT2D eigenvalue weighted by Crippen LogP contribution is 2.41. The van der Waals surface area contributed by atoms with Gasteiger partial charge in [-0.05, 0) is 48.0 Å². The molecule has 25 heavy (non-hydrogen) atoms. The van der Waals surface area contributed by atoms with Crippen LogP contribution in [-0.4, -0.2) is 28.3 Å². The summed E-state index contributed by atoms with van der Waals surface area (Å²) in [7, 11) is 0. The molecule has 0 amide bonds. The minimum Gasteiger partial charge on any atom is -0.454 e. The minimum atomic E-state index is -0.0526. The molecule has 0 spiro atoms. The van der Waals surface area contributed by atoms with Crippen LogP contribution in [0.5, 0.6) is 11.5 Å². The van der Waals surface area contributed by atoms with E-state index in [0.717, 1.165) is 41.2 Å². The summed E-state index contributed by atoms with van der Waals surface area (Å²) in [5.74, 6) is 1.54. The van der Waals surface area contributed by atoms with Gasteiger partial charge in [-0.15, -0.1) is 0 Å². The molecule has 2 aromatic carbocycles. The van der Waals surface area contributed by atoms with E-state index in [0.29, 0.717) is 5.11 Å². The zero-order chi connectivity index (χ0) is 17.0. The number of nitrogens with two attached hydrogens (primary N) is 1. The number of nitrogens with one attached hydrogen (secondary N) is 1. The molecule has 0 bridgehead atoms. The Labute approximate surface area is 150 Å². The number of nitrogens with zero attached hydrogens (tertiary/aromatic N) is 1. The molecule has 6 heteroatoms. The van der Waals surface area contributed by atoms with Gasteiger partial charge in [0.1, 0.15) is 0 Å². The Kier molecular flexibility index (Phi) is 3.15. The molecule has 3 heterocycles. The summed E-state index contributed by atoms with van der Waals surface area (Å²) in [6, 6.07) is 14.4. The lowest BCUT2D eigenvalue weighted by molar-refractivity contribution is 0.174. The predicted molar refractivity (Wildman–Crippen MR) is 99.9 cm³/mol. The number of ether oxygens (including phenoxy) is 2. The molecule has 126 valence electrons. The van der Waals surface area contributed by atoms with E-state index >= 15 is 0 Å². The van der Waals surface area contributed by atoms with Crippen LogP contribution < -0.4 is 15.2 Å². The highest BCUT2D eigenvalue weighted by atomic mass is 32.1. The first-order valence-corrected chi connectivity index (χ1v) is 8.68. The van der Waals surface area contributed by atoms with E-state index in [2.05, 4.69) is 34.1 Å². The summed E-state index contributed by atoms with van der Waals surface area (Å²) in [5, 5.41) is 1.68. The SMILES string of the molecule is NC(=S)N1CCc2c([nH]c3ccccc23)C1c1ccc2c(c1)OCO2. The van der Waals surface area contributed by atoms with E-state index in [1.807, 2.05) is 18.2 Å². The van der Waals surface area contributed by atoms with Crippen LogP contribution >= 0.6 is 12.2 Å². The number of fused-ring (bicyclic) bond motifs is 4. The molecule has 1 aromatic heterocycles. The molecule has 1 unspecified atom stereocenters. The van der Waals surface area contributed by atoms with Gasteiger partial charge in [0.2, 0.25) is 6.79 Å². The highest BCUT2D eigenvalue weighted by Gasteiger charge is 2.33. The Morgan fingerprint density at radius 1 is 1.16 bits per heavy atom. The van der Waals surface area contributed by atoms with E-state index in [1.54, 1.807) is 0 Å². The largest absolute Gasteiger partial charge is 0.454 e. The Morgan fingerprint density at radius 3 is 2.88 bits per heavy atom. The molecule has 2 aliphatic heterocycles. The lowest BCUT2D eigenvalue weighted by Gasteiger charge is -2.36. The molecule has 5 nitrogen and oxygen atoms in total. The highest BCUT2D eigenvalue weighted by molar-refractivity contribution is 7.80. The van der Waals surface area contributed by atoms with Crippen molar-refractivity contribution in [2.75, 3.05) is 13.3 Å². The number of aromatic amines is 1. The van der Waals surface area contributed by atoms with Crippen LogP contribution in [0.1, 0.15) is 22.9 Å². The van der Waals surface area contributed by atoms with Crippen molar-refractivity contribution in [3.05, 3.63) is 59.3 Å². The van der Waals surface area contributed by atoms with E-state index in [1.165, 1.54) is 10.9 Å². The van der Waals surface area contributed by atoms with Crippen LogP contribution in [0, 0.1) is 0 Å². The average molecular weight is 351 g/mol. The van der Waals surface area contributed by atoms with E-state index in [9.17, 15) is 0 Å². The van der Waals surface area contributed by atoms with Gasteiger partial charge in [0.15, 0.2) is 16.6 Å². The number of thiocarbonyl (C=S) groups is 1. The molecule has 3 N–H and O–H groups in total. The first kappa shape index (κ1) is 14.6. The maximum absolute atomic E-state index is 6.05. The Morgan fingerprint density at radius 2 is 2.00 bits per heavy atom. The fraction of sp³-hybridized carbons (Fsp3) is 0.211. The van der Waals surface area contributed by atoms with Crippen LogP contribution in [-0.2, 0) is 6.42 Å². The first-order chi connectivity index (χ1) is 12.2. The number of rotatable bonds is 1. The van der Waals surface area contributed by atoms with Gasteiger partial charge in [0, 0.05) is 23.1 Å². The van der Waals surface area contributed by atoms with E-state index in [-0.39, 0.29) is 12.8 Å². The summed E-state index contributed by atoms with van der Waals surface area (Å²) in [4.78, 5) is 5.66. The fourth-order valence-electron chi connectivity index (χ4n) is 3.91. The lowest BCUT2D eigenvalue weighted by atomic mass is 9.92. The second-order valence-electron chi connectivity index (χ2n) is 6.36. The number of hydrogen-bond acceptors (Lipinski definition) is 3. The molecule has 0 aliphatic carbocycles. The molecule has 0 fully saturated rings. The van der Waals surface area contributed by atoms with Crippen molar-refractivity contribution in [3.8, 4) is 11.5 Å². The summed E-state index contributed by atoms with van der Waals surface area (Å²) in [5.41, 5.74) is 10.8. The second-order valence-corrected chi connectivity index (χ2v) is 6.78. The van der Waals surface area contributed by atoms with Gasteiger partial charge in [-0.1, -0.05) is 24.3 Å². The minimum absolute atomic E-state index is 0.0526. The van der Waals surface area contributed by atoms with Crippen molar-refractivity contribution >= 4 is 28.2 Å². The third-order valence-corrected chi connectivity index (χ3v) is 5.26. The summed E-state index contributed by atoms with van der Waals surface area (Å²) < 4.78 is 11.0. The predicted octanol–water partition coefficient (Wildman–Crippen LogP) is 3.09. The van der Waals surface area contributed by atoms with Crippen LogP contribution in [0.15, 0.2) is 42.5 Å². The van der Waals surface area contributed by atoms with Crippen LogP contribution in [0.2, 0.25) is 0 Å². The van der Waals surface area contributed by atoms with Gasteiger partial charge < -0.3 is 25.1 Å². The topological polar surface area (TPSA) is 63.5 Å². The molecule has 1 atom stereocenters. The zero-order valence-corrected chi connectivity index (χ0v) is 14.3. The van der Waals surface area contributed by atoms with E-state index in [4.69, 9.17) is 27.4 Å². The number of hydrogen-bond donors (Lipinski definition) is 2. The molecule has 2 aliphatic rings. The maximum atomic E-state index is 6.05. The molecule has 0 radical (unpaired) electrons. The van der Waals surface area contributed by atoms with Crippen molar-refractivity contribution in [2.45, 2.75) is 12.5 Å². The quantitative estimate of drug-likeness (QED) is 0.660.